The Morgan fingerprint density at radius 3 is 2.20 bits per heavy atom. The van der Waals surface area contributed by atoms with Crippen molar-refractivity contribution in [2.75, 3.05) is 6.54 Å². The van der Waals surface area contributed by atoms with Gasteiger partial charge in [-0.3, -0.25) is 0 Å². The van der Waals surface area contributed by atoms with Gasteiger partial charge in [-0.2, -0.15) is 13.2 Å². The first-order valence-electron chi connectivity index (χ1n) is 4.49. The van der Waals surface area contributed by atoms with Crippen LogP contribution in [0.2, 0.25) is 0 Å². The Kier molecular flexibility index (Phi) is 4.08. The van der Waals surface area contributed by atoms with Crippen molar-refractivity contribution in [1.29, 1.82) is 0 Å². The summed E-state index contributed by atoms with van der Waals surface area (Å²) in [5, 5.41) is 2.64. The van der Waals surface area contributed by atoms with Gasteiger partial charge in [0, 0.05) is 13.1 Å². The molecule has 0 aromatic heterocycles. The molecule has 5 heteroatoms. The Balaban J connectivity index is 2.23. The van der Waals surface area contributed by atoms with Gasteiger partial charge in [-0.1, -0.05) is 12.1 Å². The van der Waals surface area contributed by atoms with Crippen molar-refractivity contribution >= 4 is 0 Å². The van der Waals surface area contributed by atoms with E-state index in [9.17, 15) is 17.6 Å². The van der Waals surface area contributed by atoms with E-state index >= 15 is 0 Å². The summed E-state index contributed by atoms with van der Waals surface area (Å²) in [5.74, 6) is -0.353. The number of alkyl halides is 3. The van der Waals surface area contributed by atoms with E-state index in [1.807, 2.05) is 0 Å². The zero-order chi connectivity index (χ0) is 11.3. The van der Waals surface area contributed by atoms with Crippen LogP contribution in [-0.4, -0.2) is 12.7 Å². The van der Waals surface area contributed by atoms with Crippen molar-refractivity contribution < 1.29 is 17.6 Å². The molecule has 0 fully saturated rings. The van der Waals surface area contributed by atoms with Gasteiger partial charge in [0.05, 0.1) is 6.42 Å². The lowest BCUT2D eigenvalue weighted by Gasteiger charge is -2.07. The molecule has 1 rings (SSSR count). The molecular weight excluding hydrogens is 210 g/mol. The van der Waals surface area contributed by atoms with Crippen molar-refractivity contribution in [1.82, 2.24) is 5.32 Å². The van der Waals surface area contributed by atoms with Crippen LogP contribution in [0.25, 0.3) is 0 Å². The minimum Gasteiger partial charge on any atom is -0.312 e. The van der Waals surface area contributed by atoms with Gasteiger partial charge in [-0.25, -0.2) is 4.39 Å². The Morgan fingerprint density at radius 1 is 1.07 bits per heavy atom. The highest BCUT2D eigenvalue weighted by Gasteiger charge is 2.25. The quantitative estimate of drug-likeness (QED) is 0.609. The lowest BCUT2D eigenvalue weighted by molar-refractivity contribution is -0.133. The molecule has 0 amide bonds. The molecule has 15 heavy (non-hydrogen) atoms. The fourth-order valence-electron chi connectivity index (χ4n) is 1.07. The summed E-state index contributed by atoms with van der Waals surface area (Å²) in [6.45, 7) is 0.192. The van der Waals surface area contributed by atoms with Gasteiger partial charge < -0.3 is 5.32 Å². The van der Waals surface area contributed by atoms with Crippen LogP contribution in [-0.2, 0) is 6.54 Å². The van der Waals surface area contributed by atoms with Crippen molar-refractivity contribution in [3.05, 3.63) is 35.6 Å². The van der Waals surface area contributed by atoms with Crippen LogP contribution in [0.1, 0.15) is 12.0 Å². The summed E-state index contributed by atoms with van der Waals surface area (Å²) in [5.41, 5.74) is 0.763. The molecule has 0 unspecified atom stereocenters. The summed E-state index contributed by atoms with van der Waals surface area (Å²) in [6.07, 6.45) is -4.98. The normalized spacial score (nSPS) is 11.7. The Hall–Kier alpha value is -1.10. The lowest BCUT2D eigenvalue weighted by Crippen LogP contribution is -2.21. The number of nitrogens with one attached hydrogen (secondary N) is 1. The second-order valence-electron chi connectivity index (χ2n) is 3.17. The number of hydrogen-bond donors (Lipinski definition) is 1. The SMILES string of the molecule is Fc1ccc(CNCCC(F)(F)F)cc1. The molecule has 0 aliphatic heterocycles. The number of rotatable bonds is 4. The monoisotopic (exact) mass is 221 g/mol. The summed E-state index contributed by atoms with van der Waals surface area (Å²) in [7, 11) is 0. The highest BCUT2D eigenvalue weighted by Crippen LogP contribution is 2.18. The molecule has 0 saturated heterocycles. The van der Waals surface area contributed by atoms with Crippen molar-refractivity contribution in [3.8, 4) is 0 Å². The predicted octanol–water partition coefficient (Wildman–Crippen LogP) is 2.87. The van der Waals surface area contributed by atoms with E-state index in [4.69, 9.17) is 0 Å². The lowest BCUT2D eigenvalue weighted by atomic mass is 10.2. The minimum absolute atomic E-state index is 0.124. The van der Waals surface area contributed by atoms with Crippen LogP contribution in [0.3, 0.4) is 0 Å². The van der Waals surface area contributed by atoms with E-state index in [1.54, 1.807) is 0 Å². The van der Waals surface area contributed by atoms with Crippen LogP contribution < -0.4 is 5.32 Å². The smallest absolute Gasteiger partial charge is 0.312 e. The standard InChI is InChI=1S/C10H11F4N/c11-9-3-1-8(2-4-9)7-15-6-5-10(12,13)14/h1-4,15H,5-7H2. The maximum atomic E-state index is 12.5. The highest BCUT2D eigenvalue weighted by atomic mass is 19.4. The third-order valence-electron chi connectivity index (χ3n) is 1.83. The highest BCUT2D eigenvalue weighted by molar-refractivity contribution is 5.15. The molecule has 0 atom stereocenters. The Morgan fingerprint density at radius 2 is 1.67 bits per heavy atom. The van der Waals surface area contributed by atoms with E-state index in [1.165, 1.54) is 24.3 Å². The summed E-state index contributed by atoms with van der Waals surface area (Å²) in [6, 6.07) is 5.63. The van der Waals surface area contributed by atoms with Crippen LogP contribution in [0, 0.1) is 5.82 Å². The molecule has 0 spiro atoms. The van der Waals surface area contributed by atoms with E-state index in [0.717, 1.165) is 5.56 Å². The molecular formula is C10H11F4N. The summed E-state index contributed by atoms with van der Waals surface area (Å²) >= 11 is 0. The van der Waals surface area contributed by atoms with Gasteiger partial charge >= 0.3 is 6.18 Å². The Labute approximate surface area is 85.1 Å². The molecule has 0 radical (unpaired) electrons. The molecule has 0 heterocycles. The maximum Gasteiger partial charge on any atom is 0.390 e. The molecule has 0 saturated carbocycles. The maximum absolute atomic E-state index is 12.5. The zero-order valence-corrected chi connectivity index (χ0v) is 7.94. The molecule has 1 N–H and O–H groups in total. The van der Waals surface area contributed by atoms with Gasteiger partial charge in [0.1, 0.15) is 5.82 Å². The van der Waals surface area contributed by atoms with E-state index < -0.39 is 12.6 Å². The van der Waals surface area contributed by atoms with Crippen LogP contribution >= 0.6 is 0 Å². The number of halogens is 4. The topological polar surface area (TPSA) is 12.0 Å². The van der Waals surface area contributed by atoms with Crippen LogP contribution in [0.15, 0.2) is 24.3 Å². The van der Waals surface area contributed by atoms with Gasteiger partial charge in [-0.05, 0) is 17.7 Å². The van der Waals surface area contributed by atoms with Crippen molar-refractivity contribution in [2.45, 2.75) is 19.1 Å². The third kappa shape index (κ3) is 5.37. The number of hydrogen-bond acceptors (Lipinski definition) is 1. The van der Waals surface area contributed by atoms with E-state index in [2.05, 4.69) is 5.32 Å². The molecule has 1 nitrogen and oxygen atoms in total. The van der Waals surface area contributed by atoms with Gasteiger partial charge in [0.2, 0.25) is 0 Å². The fraction of sp³-hybridized carbons (Fsp3) is 0.400. The minimum atomic E-state index is -4.13. The zero-order valence-electron chi connectivity index (χ0n) is 7.94. The first-order valence-corrected chi connectivity index (χ1v) is 4.49. The Bertz CT molecular complexity index is 291. The second-order valence-corrected chi connectivity index (χ2v) is 3.17. The average molecular weight is 221 g/mol. The molecule has 0 aliphatic rings. The van der Waals surface area contributed by atoms with E-state index in [-0.39, 0.29) is 12.4 Å². The molecule has 1 aromatic rings. The predicted molar refractivity (Wildman–Crippen MR) is 48.8 cm³/mol. The molecule has 0 aliphatic carbocycles. The second kappa shape index (κ2) is 5.11. The summed E-state index contributed by atoms with van der Waals surface area (Å²) in [4.78, 5) is 0. The average Bonchev–Trinajstić information content (AvgIpc) is 2.14. The van der Waals surface area contributed by atoms with Crippen molar-refractivity contribution in [3.63, 3.8) is 0 Å². The van der Waals surface area contributed by atoms with Crippen molar-refractivity contribution in [2.24, 2.45) is 0 Å². The third-order valence-corrected chi connectivity index (χ3v) is 1.83. The first-order chi connectivity index (χ1) is 6.97. The van der Waals surface area contributed by atoms with E-state index in [0.29, 0.717) is 6.54 Å². The fourth-order valence-corrected chi connectivity index (χ4v) is 1.07. The van der Waals surface area contributed by atoms with Crippen LogP contribution in [0.5, 0.6) is 0 Å². The van der Waals surface area contributed by atoms with Gasteiger partial charge in [0.25, 0.3) is 0 Å². The molecule has 0 bridgehead atoms. The molecule has 1 aromatic carbocycles. The largest absolute Gasteiger partial charge is 0.390 e. The van der Waals surface area contributed by atoms with Crippen LogP contribution in [0.4, 0.5) is 17.6 Å². The van der Waals surface area contributed by atoms with Gasteiger partial charge in [0.15, 0.2) is 0 Å². The first kappa shape index (κ1) is 12.0. The number of benzene rings is 1. The summed E-state index contributed by atoms with van der Waals surface area (Å²) < 4.78 is 47.7. The molecule has 84 valence electrons. The van der Waals surface area contributed by atoms with Gasteiger partial charge in [-0.15, -0.1) is 0 Å².